The molecule has 0 aromatic heterocycles. The molecular formula is C16H29IN4O3S. The van der Waals surface area contributed by atoms with E-state index in [-0.39, 0.29) is 29.7 Å². The lowest BCUT2D eigenvalue weighted by Crippen LogP contribution is -2.37. The van der Waals surface area contributed by atoms with Gasteiger partial charge in [0.15, 0.2) is 5.96 Å². The first-order chi connectivity index (χ1) is 11.5. The maximum atomic E-state index is 11.5. The zero-order valence-electron chi connectivity index (χ0n) is 15.0. The molecule has 0 aliphatic carbocycles. The second-order valence-corrected chi connectivity index (χ2v) is 7.11. The summed E-state index contributed by atoms with van der Waals surface area (Å²) in [5.74, 6) is 0.716. The molecule has 1 rings (SSSR count). The molecule has 1 aromatic carbocycles. The summed E-state index contributed by atoms with van der Waals surface area (Å²) in [5.41, 5.74) is 1.81. The molecule has 3 N–H and O–H groups in total. The first kappa shape index (κ1) is 24.1. The van der Waals surface area contributed by atoms with Crippen LogP contribution < -0.4 is 15.4 Å². The minimum absolute atomic E-state index is 0. The van der Waals surface area contributed by atoms with E-state index in [2.05, 4.69) is 20.3 Å². The Morgan fingerprint density at radius 1 is 1.16 bits per heavy atom. The van der Waals surface area contributed by atoms with Crippen molar-refractivity contribution in [2.24, 2.45) is 4.99 Å². The Balaban J connectivity index is 0.00000576. The maximum Gasteiger partial charge on any atom is 0.215 e. The Morgan fingerprint density at radius 2 is 1.80 bits per heavy atom. The van der Waals surface area contributed by atoms with Crippen LogP contribution in [0.3, 0.4) is 0 Å². The number of rotatable bonds is 10. The zero-order chi connectivity index (χ0) is 17.8. The van der Waals surface area contributed by atoms with Gasteiger partial charge in [-0.15, -0.1) is 24.0 Å². The summed E-state index contributed by atoms with van der Waals surface area (Å²) in [6, 6.07) is 7.47. The van der Waals surface area contributed by atoms with Crippen molar-refractivity contribution in [3.63, 3.8) is 0 Å². The third-order valence-corrected chi connectivity index (χ3v) is 4.67. The van der Waals surface area contributed by atoms with Crippen LogP contribution in [0.15, 0.2) is 29.3 Å². The summed E-state index contributed by atoms with van der Waals surface area (Å²) in [5, 5.41) is 6.44. The van der Waals surface area contributed by atoms with Gasteiger partial charge in [0.2, 0.25) is 10.0 Å². The molecule has 0 aliphatic rings. The van der Waals surface area contributed by atoms with E-state index in [1.54, 1.807) is 7.05 Å². The van der Waals surface area contributed by atoms with E-state index in [1.807, 2.05) is 31.2 Å². The van der Waals surface area contributed by atoms with Crippen molar-refractivity contribution in [3.8, 4) is 0 Å². The number of sulfonamides is 1. The second-order valence-electron chi connectivity index (χ2n) is 5.18. The molecule has 0 saturated carbocycles. The molecular weight excluding hydrogens is 455 g/mol. The normalized spacial score (nSPS) is 11.7. The number of benzene rings is 1. The quantitative estimate of drug-likeness (QED) is 0.202. The molecule has 0 spiro atoms. The van der Waals surface area contributed by atoms with Crippen molar-refractivity contribution in [2.75, 3.05) is 33.9 Å². The molecule has 0 amide bonds. The van der Waals surface area contributed by atoms with E-state index >= 15 is 0 Å². The van der Waals surface area contributed by atoms with Crippen molar-refractivity contribution in [3.05, 3.63) is 35.4 Å². The maximum absolute atomic E-state index is 11.5. The Hall–Kier alpha value is -0.910. The van der Waals surface area contributed by atoms with Crippen molar-refractivity contribution in [1.82, 2.24) is 15.4 Å². The summed E-state index contributed by atoms with van der Waals surface area (Å²) in [6.07, 6.45) is 0.920. The fraction of sp³-hybridized carbons (Fsp3) is 0.562. The topological polar surface area (TPSA) is 91.8 Å². The summed E-state index contributed by atoms with van der Waals surface area (Å²) >= 11 is 0. The number of ether oxygens (including phenoxy) is 1. The van der Waals surface area contributed by atoms with Crippen LogP contribution in [0.4, 0.5) is 0 Å². The van der Waals surface area contributed by atoms with Crippen LogP contribution in [0.1, 0.15) is 24.5 Å². The molecule has 0 radical (unpaired) electrons. The number of nitrogens with one attached hydrogen (secondary N) is 3. The SMILES string of the molecule is CCOCCCNC(=NC)NCc1ccc(CS(=O)(=O)NC)cc1.I. The number of guanidine groups is 1. The van der Waals surface area contributed by atoms with Gasteiger partial charge in [-0.3, -0.25) is 4.99 Å². The lowest BCUT2D eigenvalue weighted by Gasteiger charge is -2.12. The highest BCUT2D eigenvalue weighted by Crippen LogP contribution is 2.07. The van der Waals surface area contributed by atoms with Crippen molar-refractivity contribution in [2.45, 2.75) is 25.6 Å². The standard InChI is InChI=1S/C16H28N4O3S.HI/c1-4-23-11-5-10-19-16(17-2)20-12-14-6-8-15(9-7-14)13-24(21,22)18-3;/h6-9,18H,4-5,10-13H2,1-3H3,(H2,17,19,20);1H. The van der Waals surface area contributed by atoms with Gasteiger partial charge in [-0.05, 0) is 31.5 Å². The van der Waals surface area contributed by atoms with Gasteiger partial charge < -0.3 is 15.4 Å². The van der Waals surface area contributed by atoms with E-state index in [1.165, 1.54) is 7.05 Å². The first-order valence-electron chi connectivity index (χ1n) is 8.02. The van der Waals surface area contributed by atoms with Gasteiger partial charge in [0.05, 0.1) is 5.75 Å². The Labute approximate surface area is 168 Å². The largest absolute Gasteiger partial charge is 0.382 e. The number of hydrogen-bond donors (Lipinski definition) is 3. The highest BCUT2D eigenvalue weighted by Gasteiger charge is 2.08. The summed E-state index contributed by atoms with van der Waals surface area (Å²) in [4.78, 5) is 4.16. The molecule has 9 heteroatoms. The number of nitrogens with zero attached hydrogens (tertiary/aromatic N) is 1. The predicted octanol–water partition coefficient (Wildman–Crippen LogP) is 1.45. The van der Waals surface area contributed by atoms with Gasteiger partial charge in [-0.1, -0.05) is 24.3 Å². The lowest BCUT2D eigenvalue weighted by atomic mass is 10.1. The van der Waals surface area contributed by atoms with Gasteiger partial charge in [-0.25, -0.2) is 13.1 Å². The van der Waals surface area contributed by atoms with E-state index < -0.39 is 10.0 Å². The lowest BCUT2D eigenvalue weighted by molar-refractivity contribution is 0.145. The van der Waals surface area contributed by atoms with Crippen molar-refractivity contribution >= 4 is 40.0 Å². The minimum Gasteiger partial charge on any atom is -0.382 e. The van der Waals surface area contributed by atoms with Gasteiger partial charge in [-0.2, -0.15) is 0 Å². The molecule has 0 fully saturated rings. The van der Waals surface area contributed by atoms with Gasteiger partial charge in [0.25, 0.3) is 0 Å². The molecule has 0 heterocycles. The number of halogens is 1. The van der Waals surface area contributed by atoms with Crippen LogP contribution in [0, 0.1) is 0 Å². The second kappa shape index (κ2) is 13.3. The summed E-state index contributed by atoms with van der Waals surface area (Å²) < 4.78 is 30.6. The van der Waals surface area contributed by atoms with Crippen molar-refractivity contribution < 1.29 is 13.2 Å². The highest BCUT2D eigenvalue weighted by atomic mass is 127. The molecule has 0 aliphatic heterocycles. The molecule has 7 nitrogen and oxygen atoms in total. The minimum atomic E-state index is -3.24. The summed E-state index contributed by atoms with van der Waals surface area (Å²) in [6.45, 7) is 4.86. The summed E-state index contributed by atoms with van der Waals surface area (Å²) in [7, 11) is -0.0941. The zero-order valence-corrected chi connectivity index (χ0v) is 18.2. The molecule has 0 bridgehead atoms. The molecule has 25 heavy (non-hydrogen) atoms. The third kappa shape index (κ3) is 10.6. The van der Waals surface area contributed by atoms with Crippen molar-refractivity contribution in [1.29, 1.82) is 0 Å². The Morgan fingerprint density at radius 3 is 2.36 bits per heavy atom. The van der Waals surface area contributed by atoms with Crippen LogP contribution in [-0.4, -0.2) is 48.2 Å². The fourth-order valence-corrected chi connectivity index (χ4v) is 2.75. The van der Waals surface area contributed by atoms with E-state index in [0.717, 1.165) is 43.3 Å². The average molecular weight is 484 g/mol. The van der Waals surface area contributed by atoms with E-state index in [0.29, 0.717) is 6.54 Å². The fourth-order valence-electron chi connectivity index (χ4n) is 1.98. The first-order valence-corrected chi connectivity index (χ1v) is 9.67. The highest BCUT2D eigenvalue weighted by molar-refractivity contribution is 14.0. The van der Waals surface area contributed by atoms with Gasteiger partial charge >= 0.3 is 0 Å². The predicted molar refractivity (Wildman–Crippen MR) is 113 cm³/mol. The Kier molecular flexibility index (Phi) is 12.8. The number of hydrogen-bond acceptors (Lipinski definition) is 4. The van der Waals surface area contributed by atoms with Gasteiger partial charge in [0.1, 0.15) is 0 Å². The van der Waals surface area contributed by atoms with Crippen LogP contribution in [0.25, 0.3) is 0 Å². The monoisotopic (exact) mass is 484 g/mol. The molecule has 1 aromatic rings. The van der Waals surface area contributed by atoms with Crippen LogP contribution in [0.5, 0.6) is 0 Å². The molecule has 0 atom stereocenters. The molecule has 144 valence electrons. The van der Waals surface area contributed by atoms with Crippen LogP contribution >= 0.6 is 24.0 Å². The average Bonchev–Trinajstić information content (AvgIpc) is 2.58. The Bertz CT molecular complexity index is 606. The molecule has 0 saturated heterocycles. The van der Waals surface area contributed by atoms with Crippen LogP contribution in [0.2, 0.25) is 0 Å². The number of aliphatic imine (C=N–C) groups is 1. The third-order valence-electron chi connectivity index (χ3n) is 3.34. The van der Waals surface area contributed by atoms with E-state index in [4.69, 9.17) is 4.74 Å². The van der Waals surface area contributed by atoms with Crippen LogP contribution in [-0.2, 0) is 27.1 Å². The van der Waals surface area contributed by atoms with Gasteiger partial charge in [0, 0.05) is 33.4 Å². The molecule has 0 unspecified atom stereocenters. The van der Waals surface area contributed by atoms with E-state index in [9.17, 15) is 8.42 Å². The smallest absolute Gasteiger partial charge is 0.215 e.